The van der Waals surface area contributed by atoms with Crippen molar-refractivity contribution in [2.75, 3.05) is 20.3 Å². The minimum atomic E-state index is -0.510. The summed E-state index contributed by atoms with van der Waals surface area (Å²) in [5, 5.41) is 8.73. The van der Waals surface area contributed by atoms with Crippen LogP contribution in [0.2, 0.25) is 0 Å². The van der Waals surface area contributed by atoms with Crippen LogP contribution in [0, 0.1) is 0 Å². The molecule has 0 aromatic rings. The molecule has 0 aromatic carbocycles. The Morgan fingerprint density at radius 3 is 2.60 bits per heavy atom. The SMILES string of the molecule is CO[C@@H]1C(=O)N(CCCO)[C@@H]1C(C)(C)Cl. The van der Waals surface area contributed by atoms with Crippen LogP contribution in [0.15, 0.2) is 0 Å². The molecule has 2 atom stereocenters. The lowest BCUT2D eigenvalue weighted by Gasteiger charge is -2.51. The first-order chi connectivity index (χ1) is 6.93. The Hall–Kier alpha value is -0.320. The minimum Gasteiger partial charge on any atom is -0.396 e. The lowest BCUT2D eigenvalue weighted by Crippen LogP contribution is -2.71. The fraction of sp³-hybridized carbons (Fsp3) is 0.900. The van der Waals surface area contributed by atoms with Crippen molar-refractivity contribution in [2.45, 2.75) is 37.3 Å². The summed E-state index contributed by atoms with van der Waals surface area (Å²) in [6.45, 7) is 4.35. The summed E-state index contributed by atoms with van der Waals surface area (Å²) in [6, 6.07) is -0.108. The number of nitrogens with zero attached hydrogens (tertiary/aromatic N) is 1. The molecule has 0 saturated carbocycles. The highest BCUT2D eigenvalue weighted by Crippen LogP contribution is 2.35. The van der Waals surface area contributed by atoms with Crippen LogP contribution < -0.4 is 0 Å². The number of rotatable bonds is 5. The van der Waals surface area contributed by atoms with Crippen molar-refractivity contribution in [3.05, 3.63) is 0 Å². The number of methoxy groups -OCH3 is 1. The molecule has 1 saturated heterocycles. The van der Waals surface area contributed by atoms with E-state index in [0.29, 0.717) is 13.0 Å². The summed E-state index contributed by atoms with van der Waals surface area (Å²) in [5.74, 6) is -0.0373. The molecule has 88 valence electrons. The van der Waals surface area contributed by atoms with E-state index in [1.807, 2.05) is 13.8 Å². The lowest BCUT2D eigenvalue weighted by molar-refractivity contribution is -0.173. The van der Waals surface area contributed by atoms with Crippen molar-refractivity contribution in [3.8, 4) is 0 Å². The van der Waals surface area contributed by atoms with Crippen LogP contribution in [-0.2, 0) is 9.53 Å². The van der Waals surface area contributed by atoms with Crippen LogP contribution >= 0.6 is 11.6 Å². The van der Waals surface area contributed by atoms with Gasteiger partial charge in [-0.25, -0.2) is 0 Å². The molecule has 0 unspecified atom stereocenters. The molecule has 1 fully saturated rings. The fourth-order valence-electron chi connectivity index (χ4n) is 1.97. The molecule has 1 aliphatic rings. The predicted octanol–water partition coefficient (Wildman–Crippen LogP) is 0.612. The van der Waals surface area contributed by atoms with Gasteiger partial charge in [-0.05, 0) is 20.3 Å². The van der Waals surface area contributed by atoms with Crippen LogP contribution in [0.25, 0.3) is 0 Å². The van der Waals surface area contributed by atoms with E-state index in [2.05, 4.69) is 0 Å². The first kappa shape index (κ1) is 12.7. The third-order valence-electron chi connectivity index (χ3n) is 2.66. The second-order valence-corrected chi connectivity index (χ2v) is 5.25. The van der Waals surface area contributed by atoms with Gasteiger partial charge in [0, 0.05) is 20.3 Å². The monoisotopic (exact) mass is 235 g/mol. The Morgan fingerprint density at radius 1 is 1.60 bits per heavy atom. The van der Waals surface area contributed by atoms with Gasteiger partial charge >= 0.3 is 0 Å². The molecule has 1 rings (SSSR count). The van der Waals surface area contributed by atoms with E-state index in [9.17, 15) is 4.79 Å². The molecule has 1 N–H and O–H groups in total. The van der Waals surface area contributed by atoms with Gasteiger partial charge in [0.1, 0.15) is 0 Å². The van der Waals surface area contributed by atoms with Crippen LogP contribution in [0.3, 0.4) is 0 Å². The number of alkyl halides is 1. The average Bonchev–Trinajstić information content (AvgIpc) is 2.13. The highest BCUT2D eigenvalue weighted by Gasteiger charge is 2.53. The number of ether oxygens (including phenoxy) is 1. The maximum Gasteiger partial charge on any atom is 0.254 e. The smallest absolute Gasteiger partial charge is 0.254 e. The summed E-state index contributed by atoms with van der Waals surface area (Å²) in [4.78, 5) is 12.8. The van der Waals surface area contributed by atoms with Crippen LogP contribution in [0.4, 0.5) is 0 Å². The first-order valence-electron chi connectivity index (χ1n) is 5.06. The van der Waals surface area contributed by atoms with Gasteiger partial charge in [-0.15, -0.1) is 11.6 Å². The maximum atomic E-state index is 11.6. The summed E-state index contributed by atoms with van der Waals surface area (Å²) < 4.78 is 5.11. The Labute approximate surface area is 95.2 Å². The van der Waals surface area contributed by atoms with E-state index < -0.39 is 11.0 Å². The Kier molecular flexibility index (Phi) is 3.98. The zero-order valence-corrected chi connectivity index (χ0v) is 10.1. The summed E-state index contributed by atoms with van der Waals surface area (Å²) in [6.07, 6.45) is 0.141. The van der Waals surface area contributed by atoms with Crippen molar-refractivity contribution in [1.29, 1.82) is 0 Å². The molecular formula is C10H18ClNO3. The maximum absolute atomic E-state index is 11.6. The molecule has 4 nitrogen and oxygen atoms in total. The van der Waals surface area contributed by atoms with E-state index in [-0.39, 0.29) is 18.6 Å². The standard InChI is InChI=1S/C10H18ClNO3/c1-10(2,11)8-7(15-3)9(14)12(8)5-4-6-13/h7-8,13H,4-6H2,1-3H3/t7-,8-/m0/s1. The normalized spacial score (nSPS) is 26.7. The summed E-state index contributed by atoms with van der Waals surface area (Å²) >= 11 is 6.21. The third kappa shape index (κ3) is 2.44. The Bertz CT molecular complexity index is 239. The van der Waals surface area contributed by atoms with Gasteiger partial charge < -0.3 is 14.7 Å². The molecule has 0 radical (unpaired) electrons. The number of amides is 1. The minimum absolute atomic E-state index is 0.0373. The van der Waals surface area contributed by atoms with E-state index >= 15 is 0 Å². The second kappa shape index (κ2) is 4.68. The lowest BCUT2D eigenvalue weighted by atomic mass is 9.87. The van der Waals surface area contributed by atoms with Crippen LogP contribution in [0.1, 0.15) is 20.3 Å². The molecule has 1 aliphatic heterocycles. The highest BCUT2D eigenvalue weighted by atomic mass is 35.5. The summed E-state index contributed by atoms with van der Waals surface area (Å²) in [5.41, 5.74) is 0. The Morgan fingerprint density at radius 2 is 2.20 bits per heavy atom. The summed E-state index contributed by atoms with van der Waals surface area (Å²) in [7, 11) is 1.52. The van der Waals surface area contributed by atoms with Crippen molar-refractivity contribution >= 4 is 17.5 Å². The topological polar surface area (TPSA) is 49.8 Å². The van der Waals surface area contributed by atoms with E-state index in [1.54, 1.807) is 4.90 Å². The van der Waals surface area contributed by atoms with Crippen LogP contribution in [0.5, 0.6) is 0 Å². The zero-order valence-electron chi connectivity index (χ0n) is 9.36. The molecular weight excluding hydrogens is 218 g/mol. The van der Waals surface area contributed by atoms with E-state index in [4.69, 9.17) is 21.4 Å². The van der Waals surface area contributed by atoms with E-state index in [0.717, 1.165) is 0 Å². The molecule has 0 bridgehead atoms. The quantitative estimate of drug-likeness (QED) is 0.561. The largest absolute Gasteiger partial charge is 0.396 e. The number of aliphatic hydroxyl groups is 1. The first-order valence-corrected chi connectivity index (χ1v) is 5.44. The molecule has 15 heavy (non-hydrogen) atoms. The average molecular weight is 236 g/mol. The number of likely N-dealkylation sites (tertiary alicyclic amines) is 1. The molecule has 0 aromatic heterocycles. The predicted molar refractivity (Wildman–Crippen MR) is 57.9 cm³/mol. The number of carbonyl (C=O) groups excluding carboxylic acids is 1. The Balaban J connectivity index is 2.67. The van der Waals surface area contributed by atoms with E-state index in [1.165, 1.54) is 7.11 Å². The van der Waals surface area contributed by atoms with Crippen molar-refractivity contribution in [3.63, 3.8) is 0 Å². The van der Waals surface area contributed by atoms with Crippen molar-refractivity contribution in [2.24, 2.45) is 0 Å². The molecule has 1 amide bonds. The van der Waals surface area contributed by atoms with Crippen molar-refractivity contribution in [1.82, 2.24) is 4.90 Å². The molecule has 1 heterocycles. The highest BCUT2D eigenvalue weighted by molar-refractivity contribution is 6.24. The number of hydrogen-bond acceptors (Lipinski definition) is 3. The van der Waals surface area contributed by atoms with Gasteiger partial charge in [-0.3, -0.25) is 4.79 Å². The number of β-lactam (4-membered cyclic amide) rings is 1. The molecule has 0 aliphatic carbocycles. The third-order valence-corrected chi connectivity index (χ3v) is 2.89. The van der Waals surface area contributed by atoms with Gasteiger partial charge in [0.2, 0.25) is 0 Å². The van der Waals surface area contributed by atoms with Gasteiger partial charge in [0.25, 0.3) is 5.91 Å². The van der Waals surface area contributed by atoms with Gasteiger partial charge in [-0.2, -0.15) is 0 Å². The molecule has 0 spiro atoms. The zero-order chi connectivity index (χ0) is 11.6. The van der Waals surface area contributed by atoms with Crippen molar-refractivity contribution < 1.29 is 14.6 Å². The second-order valence-electron chi connectivity index (χ2n) is 4.27. The van der Waals surface area contributed by atoms with Gasteiger partial charge in [0.05, 0.1) is 10.9 Å². The number of aliphatic hydroxyl groups excluding tert-OH is 1. The molecule has 5 heteroatoms. The number of halogens is 1. The van der Waals surface area contributed by atoms with Crippen LogP contribution in [-0.4, -0.2) is 53.2 Å². The number of hydrogen-bond donors (Lipinski definition) is 1. The van der Waals surface area contributed by atoms with Gasteiger partial charge in [0.15, 0.2) is 6.10 Å². The number of carbonyl (C=O) groups is 1. The fourth-order valence-corrected chi connectivity index (χ4v) is 2.20. The van der Waals surface area contributed by atoms with Gasteiger partial charge in [-0.1, -0.05) is 0 Å².